The summed E-state index contributed by atoms with van der Waals surface area (Å²) in [5.41, 5.74) is 4.72. The van der Waals surface area contributed by atoms with E-state index in [-0.39, 0.29) is 30.5 Å². The molecule has 186 valence electrons. The van der Waals surface area contributed by atoms with Gasteiger partial charge in [0.15, 0.2) is 0 Å². The summed E-state index contributed by atoms with van der Waals surface area (Å²) in [6, 6.07) is 16.0. The molecular weight excluding hydrogens is 444 g/mol. The van der Waals surface area contributed by atoms with Crippen molar-refractivity contribution in [2.24, 2.45) is 5.92 Å². The maximum atomic E-state index is 12.7. The summed E-state index contributed by atoms with van der Waals surface area (Å²) in [4.78, 5) is 38.2. The Hall–Kier alpha value is -3.35. The van der Waals surface area contributed by atoms with Crippen LogP contribution in [0.25, 0.3) is 11.1 Å². The average molecular weight is 479 g/mol. The fourth-order valence-electron chi connectivity index (χ4n) is 5.44. The van der Waals surface area contributed by atoms with Gasteiger partial charge < -0.3 is 20.1 Å². The minimum Gasteiger partial charge on any atom is -0.481 e. The Morgan fingerprint density at radius 3 is 2.34 bits per heavy atom. The second-order valence-corrected chi connectivity index (χ2v) is 9.68. The van der Waals surface area contributed by atoms with Crippen LogP contribution in [-0.4, -0.2) is 53.2 Å². The molecule has 0 radical (unpaired) electrons. The van der Waals surface area contributed by atoms with E-state index < -0.39 is 18.0 Å². The Bertz CT molecular complexity index is 1040. The second-order valence-electron chi connectivity index (χ2n) is 9.68. The maximum absolute atomic E-state index is 12.7. The zero-order chi connectivity index (χ0) is 24.9. The number of piperidine rings is 1. The van der Waals surface area contributed by atoms with E-state index in [4.69, 9.17) is 4.74 Å². The first-order valence-corrected chi connectivity index (χ1v) is 12.5. The van der Waals surface area contributed by atoms with Crippen molar-refractivity contribution >= 4 is 18.0 Å². The van der Waals surface area contributed by atoms with Crippen molar-refractivity contribution < 1.29 is 24.2 Å². The van der Waals surface area contributed by atoms with Crippen LogP contribution in [0.3, 0.4) is 0 Å². The van der Waals surface area contributed by atoms with E-state index in [2.05, 4.69) is 29.6 Å². The van der Waals surface area contributed by atoms with E-state index in [1.54, 1.807) is 4.90 Å². The summed E-state index contributed by atoms with van der Waals surface area (Å²) in [5.74, 6) is -1.34. The minimum absolute atomic E-state index is 0.0160. The second kappa shape index (κ2) is 10.9. The molecule has 1 heterocycles. The number of nitrogens with one attached hydrogen (secondary N) is 1. The molecule has 7 nitrogen and oxygen atoms in total. The summed E-state index contributed by atoms with van der Waals surface area (Å²) >= 11 is 0. The van der Waals surface area contributed by atoms with Crippen molar-refractivity contribution in [1.82, 2.24) is 10.2 Å². The molecule has 0 spiro atoms. The van der Waals surface area contributed by atoms with Crippen LogP contribution in [0.4, 0.5) is 4.79 Å². The Morgan fingerprint density at radius 2 is 1.71 bits per heavy atom. The summed E-state index contributed by atoms with van der Waals surface area (Å²) in [7, 11) is 0. The van der Waals surface area contributed by atoms with Crippen LogP contribution < -0.4 is 5.32 Å². The first-order chi connectivity index (χ1) is 16.9. The highest BCUT2D eigenvalue weighted by Gasteiger charge is 2.35. The van der Waals surface area contributed by atoms with E-state index in [0.29, 0.717) is 38.6 Å². The minimum atomic E-state index is -0.837. The van der Waals surface area contributed by atoms with Gasteiger partial charge in [0, 0.05) is 31.0 Å². The molecular formula is C28H34N2O5. The monoisotopic (exact) mass is 478 g/mol. The highest BCUT2D eigenvalue weighted by atomic mass is 16.5. The smallest absolute Gasteiger partial charge is 0.407 e. The Kier molecular flexibility index (Phi) is 7.73. The van der Waals surface area contributed by atoms with Crippen molar-refractivity contribution in [3.63, 3.8) is 0 Å². The number of amides is 2. The standard InChI is InChI=1S/C28H34N2O5/c1-18(9-7-15-26(31)30-16-8-14-20(19(30)2)27(32)33)29-28(34)35-17-25-23-12-5-3-10-21(23)22-11-4-6-13-24(22)25/h3-6,10-13,18-20,25H,7-9,14-17H2,1-2H3,(H,29,34)(H,32,33)/t18?,19-,20-/m1/s1. The number of ether oxygens (including phenoxy) is 1. The first kappa shape index (κ1) is 24.8. The quantitative estimate of drug-likeness (QED) is 0.568. The van der Waals surface area contributed by atoms with Crippen molar-refractivity contribution in [3.05, 3.63) is 59.7 Å². The average Bonchev–Trinajstić information content (AvgIpc) is 3.16. The van der Waals surface area contributed by atoms with E-state index in [0.717, 1.165) is 0 Å². The van der Waals surface area contributed by atoms with Gasteiger partial charge in [0.2, 0.25) is 5.91 Å². The molecule has 2 aliphatic rings. The van der Waals surface area contributed by atoms with Gasteiger partial charge in [-0.2, -0.15) is 0 Å². The van der Waals surface area contributed by atoms with E-state index >= 15 is 0 Å². The summed E-state index contributed by atoms with van der Waals surface area (Å²) < 4.78 is 5.60. The first-order valence-electron chi connectivity index (χ1n) is 12.5. The van der Waals surface area contributed by atoms with Gasteiger partial charge in [-0.1, -0.05) is 48.5 Å². The number of rotatable bonds is 8. The van der Waals surface area contributed by atoms with Crippen LogP contribution in [0.2, 0.25) is 0 Å². The molecule has 3 atom stereocenters. The van der Waals surface area contributed by atoms with E-state index in [9.17, 15) is 19.5 Å². The highest BCUT2D eigenvalue weighted by Crippen LogP contribution is 2.44. The largest absolute Gasteiger partial charge is 0.481 e. The van der Waals surface area contributed by atoms with Crippen molar-refractivity contribution in [2.75, 3.05) is 13.2 Å². The van der Waals surface area contributed by atoms with Crippen LogP contribution in [-0.2, 0) is 14.3 Å². The SMILES string of the molecule is CC(CCCC(=O)N1CCC[C@@H](C(=O)O)[C@H]1C)NC(=O)OCC1c2ccccc2-c2ccccc21. The van der Waals surface area contributed by atoms with Crippen molar-refractivity contribution in [1.29, 1.82) is 0 Å². The Morgan fingerprint density at radius 1 is 1.09 bits per heavy atom. The molecule has 4 rings (SSSR count). The number of hydrogen-bond donors (Lipinski definition) is 2. The molecule has 1 fully saturated rings. The van der Waals surface area contributed by atoms with Crippen molar-refractivity contribution in [3.8, 4) is 11.1 Å². The highest BCUT2D eigenvalue weighted by molar-refractivity contribution is 5.79. The molecule has 0 aromatic heterocycles. The van der Waals surface area contributed by atoms with Crippen molar-refractivity contribution in [2.45, 2.75) is 64.0 Å². The fraction of sp³-hybridized carbons (Fsp3) is 0.464. The van der Waals surface area contributed by atoms with Crippen LogP contribution in [0, 0.1) is 5.92 Å². The van der Waals surface area contributed by atoms with Crippen LogP contribution in [0.15, 0.2) is 48.5 Å². The number of benzene rings is 2. The molecule has 7 heteroatoms. The van der Waals surface area contributed by atoms with E-state index in [1.807, 2.05) is 38.1 Å². The molecule has 1 unspecified atom stereocenters. The van der Waals surface area contributed by atoms with Gasteiger partial charge in [-0.3, -0.25) is 9.59 Å². The Balaban J connectivity index is 1.22. The molecule has 1 aliphatic heterocycles. The zero-order valence-electron chi connectivity index (χ0n) is 20.4. The lowest BCUT2D eigenvalue weighted by Gasteiger charge is -2.37. The van der Waals surface area contributed by atoms with Crippen LogP contribution >= 0.6 is 0 Å². The van der Waals surface area contributed by atoms with Gasteiger partial charge in [-0.25, -0.2) is 4.79 Å². The van der Waals surface area contributed by atoms with Gasteiger partial charge >= 0.3 is 12.1 Å². The molecule has 2 aromatic carbocycles. The third-order valence-electron chi connectivity index (χ3n) is 7.36. The molecule has 35 heavy (non-hydrogen) atoms. The number of carbonyl (C=O) groups excluding carboxylic acids is 2. The lowest BCUT2D eigenvalue weighted by molar-refractivity contribution is -0.149. The molecule has 1 saturated heterocycles. The normalized spacial score (nSPS) is 20.0. The maximum Gasteiger partial charge on any atom is 0.407 e. The van der Waals surface area contributed by atoms with Crippen LogP contribution in [0.5, 0.6) is 0 Å². The molecule has 0 saturated carbocycles. The van der Waals surface area contributed by atoms with Gasteiger partial charge in [0.1, 0.15) is 6.61 Å². The van der Waals surface area contributed by atoms with Gasteiger partial charge in [0.05, 0.1) is 5.92 Å². The van der Waals surface area contributed by atoms with Crippen LogP contribution in [0.1, 0.15) is 63.0 Å². The number of hydrogen-bond acceptors (Lipinski definition) is 4. The number of nitrogens with zero attached hydrogens (tertiary/aromatic N) is 1. The third-order valence-corrected chi connectivity index (χ3v) is 7.36. The number of likely N-dealkylation sites (tertiary alicyclic amines) is 1. The number of carbonyl (C=O) groups is 3. The van der Waals surface area contributed by atoms with Gasteiger partial charge in [-0.05, 0) is 61.8 Å². The lowest BCUT2D eigenvalue weighted by atomic mass is 9.90. The molecule has 2 N–H and O–H groups in total. The predicted molar refractivity (Wildman–Crippen MR) is 133 cm³/mol. The molecule has 0 bridgehead atoms. The number of fused-ring (bicyclic) bond motifs is 3. The van der Waals surface area contributed by atoms with E-state index in [1.165, 1.54) is 22.3 Å². The van der Waals surface area contributed by atoms with Gasteiger partial charge in [-0.15, -0.1) is 0 Å². The lowest BCUT2D eigenvalue weighted by Crippen LogP contribution is -2.49. The molecule has 1 aliphatic carbocycles. The summed E-state index contributed by atoms with van der Waals surface area (Å²) in [6.07, 6.45) is 2.46. The zero-order valence-corrected chi connectivity index (χ0v) is 20.4. The third kappa shape index (κ3) is 5.50. The fourth-order valence-corrected chi connectivity index (χ4v) is 5.44. The number of aliphatic carboxylic acids is 1. The summed E-state index contributed by atoms with van der Waals surface area (Å²) in [5, 5.41) is 12.2. The Labute approximate surface area is 206 Å². The molecule has 2 aromatic rings. The predicted octanol–water partition coefficient (Wildman–Crippen LogP) is 4.80. The molecule has 2 amide bonds. The number of carboxylic acid groups (broad SMARTS) is 1. The summed E-state index contributed by atoms with van der Waals surface area (Å²) in [6.45, 7) is 4.59. The topological polar surface area (TPSA) is 95.9 Å². The number of alkyl carbamates (subject to hydrolysis) is 1. The number of carboxylic acids is 1. The van der Waals surface area contributed by atoms with Gasteiger partial charge in [0.25, 0.3) is 0 Å².